The fourth-order valence-electron chi connectivity index (χ4n) is 1.01. The molecule has 0 saturated carbocycles. The minimum absolute atomic E-state index is 0.00361. The fraction of sp³-hybridized carbons (Fsp3) is 0.400. The van der Waals surface area contributed by atoms with E-state index in [1.807, 2.05) is 13.8 Å². The normalized spacial score (nSPS) is 12.1. The highest BCUT2D eigenvalue weighted by Crippen LogP contribution is 2.26. The molecule has 4 heteroatoms. The molecule has 1 aromatic carbocycles. The van der Waals surface area contributed by atoms with Gasteiger partial charge in [-0.05, 0) is 19.4 Å². The second-order valence-electron chi connectivity index (χ2n) is 3.06. The first-order chi connectivity index (χ1) is 6.65. The van der Waals surface area contributed by atoms with Crippen LogP contribution < -0.4 is 4.74 Å². The molecule has 0 spiro atoms. The molecule has 4 nitrogen and oxygen atoms in total. The van der Waals surface area contributed by atoms with Crippen molar-refractivity contribution in [3.05, 3.63) is 34.4 Å². The summed E-state index contributed by atoms with van der Waals surface area (Å²) in [5.41, 5.74) is 0.0211. The third-order valence-electron chi connectivity index (χ3n) is 1.97. The number of hydrogen-bond donors (Lipinski definition) is 0. The van der Waals surface area contributed by atoms with E-state index in [1.54, 1.807) is 18.2 Å². The van der Waals surface area contributed by atoms with Crippen molar-refractivity contribution in [3.63, 3.8) is 0 Å². The highest BCUT2D eigenvalue weighted by Gasteiger charge is 2.14. The summed E-state index contributed by atoms with van der Waals surface area (Å²) in [6, 6.07) is 6.41. The average molecular weight is 195 g/mol. The van der Waals surface area contributed by atoms with Crippen LogP contribution in [0.3, 0.4) is 0 Å². The monoisotopic (exact) mass is 195 g/mol. The van der Waals surface area contributed by atoms with Gasteiger partial charge in [-0.15, -0.1) is 0 Å². The number of nitro benzene ring substituents is 1. The van der Waals surface area contributed by atoms with E-state index in [1.165, 1.54) is 6.07 Å². The van der Waals surface area contributed by atoms with Gasteiger partial charge in [0.15, 0.2) is 5.75 Å². The molecule has 1 aromatic rings. The van der Waals surface area contributed by atoms with Crippen molar-refractivity contribution in [2.45, 2.75) is 26.4 Å². The van der Waals surface area contributed by atoms with Crippen LogP contribution in [0.15, 0.2) is 24.3 Å². The summed E-state index contributed by atoms with van der Waals surface area (Å²) in [7, 11) is 0. The van der Waals surface area contributed by atoms with Crippen molar-refractivity contribution in [1.29, 1.82) is 0 Å². The molecule has 0 saturated heterocycles. The van der Waals surface area contributed by atoms with Gasteiger partial charge in [0.1, 0.15) is 0 Å². The van der Waals surface area contributed by atoms with Gasteiger partial charge >= 0.3 is 5.69 Å². The van der Waals surface area contributed by atoms with E-state index in [2.05, 4.69) is 0 Å². The number of para-hydroxylation sites is 2. The van der Waals surface area contributed by atoms with Gasteiger partial charge in [-0.2, -0.15) is 0 Å². The van der Waals surface area contributed by atoms with Gasteiger partial charge in [0, 0.05) is 6.07 Å². The van der Waals surface area contributed by atoms with E-state index >= 15 is 0 Å². The maximum absolute atomic E-state index is 10.6. The van der Waals surface area contributed by atoms with Crippen LogP contribution in [0.25, 0.3) is 0 Å². The van der Waals surface area contributed by atoms with Crippen LogP contribution in [-0.4, -0.2) is 11.0 Å². The summed E-state index contributed by atoms with van der Waals surface area (Å²) in [4.78, 5) is 10.2. The fourth-order valence-corrected chi connectivity index (χ4v) is 1.01. The number of nitrogens with zero attached hydrogens (tertiary/aromatic N) is 1. The van der Waals surface area contributed by atoms with Crippen LogP contribution in [0.5, 0.6) is 5.75 Å². The molecule has 0 aliphatic carbocycles. The quantitative estimate of drug-likeness (QED) is 0.548. The second-order valence-corrected chi connectivity index (χ2v) is 3.06. The van der Waals surface area contributed by atoms with E-state index in [0.29, 0.717) is 5.75 Å². The third-order valence-corrected chi connectivity index (χ3v) is 1.97. The molecule has 0 N–H and O–H groups in total. The molecule has 0 aliphatic rings. The summed E-state index contributed by atoms with van der Waals surface area (Å²) < 4.78 is 5.41. The molecule has 0 aliphatic heterocycles. The van der Waals surface area contributed by atoms with Gasteiger partial charge in [0.05, 0.1) is 11.0 Å². The van der Waals surface area contributed by atoms with Crippen molar-refractivity contribution in [3.8, 4) is 5.75 Å². The molecule has 0 radical (unpaired) electrons. The Hall–Kier alpha value is -1.58. The van der Waals surface area contributed by atoms with E-state index in [0.717, 1.165) is 6.42 Å². The molecule has 0 heterocycles. The van der Waals surface area contributed by atoms with Gasteiger partial charge < -0.3 is 4.74 Å². The molecule has 1 rings (SSSR count). The molecule has 1 atom stereocenters. The zero-order chi connectivity index (χ0) is 10.6. The highest BCUT2D eigenvalue weighted by molar-refractivity contribution is 5.45. The standard InChI is InChI=1S/C10H13NO3/c1-3-8(2)14-10-7-5-4-6-9(10)11(12)13/h4-8H,3H2,1-2H3. The number of rotatable bonds is 4. The molecule has 14 heavy (non-hydrogen) atoms. The molecule has 1 unspecified atom stereocenters. The second kappa shape index (κ2) is 4.60. The van der Waals surface area contributed by atoms with Gasteiger partial charge in [-0.25, -0.2) is 0 Å². The average Bonchev–Trinajstić information content (AvgIpc) is 2.18. The smallest absolute Gasteiger partial charge is 0.310 e. The summed E-state index contributed by atoms with van der Waals surface area (Å²) in [5.74, 6) is 0.340. The van der Waals surface area contributed by atoms with Crippen molar-refractivity contribution in [2.75, 3.05) is 0 Å². The van der Waals surface area contributed by atoms with Gasteiger partial charge in [-0.1, -0.05) is 19.1 Å². The maximum Gasteiger partial charge on any atom is 0.310 e. The first kappa shape index (κ1) is 10.5. The molecular weight excluding hydrogens is 182 g/mol. The lowest BCUT2D eigenvalue weighted by molar-refractivity contribution is -0.386. The molecule has 0 bridgehead atoms. The molecule has 0 fully saturated rings. The molecular formula is C10H13NO3. The summed E-state index contributed by atoms with van der Waals surface area (Å²) >= 11 is 0. The number of ether oxygens (including phenoxy) is 1. The van der Waals surface area contributed by atoms with Crippen LogP contribution in [0.1, 0.15) is 20.3 Å². The Morgan fingerprint density at radius 2 is 2.14 bits per heavy atom. The van der Waals surface area contributed by atoms with E-state index in [9.17, 15) is 10.1 Å². The number of nitro groups is 1. The van der Waals surface area contributed by atoms with Crippen molar-refractivity contribution in [2.24, 2.45) is 0 Å². The molecule has 0 aromatic heterocycles. The lowest BCUT2D eigenvalue weighted by atomic mass is 10.3. The predicted molar refractivity (Wildman–Crippen MR) is 53.5 cm³/mol. The van der Waals surface area contributed by atoms with E-state index in [-0.39, 0.29) is 11.8 Å². The maximum atomic E-state index is 10.6. The van der Waals surface area contributed by atoms with Crippen LogP contribution in [0.2, 0.25) is 0 Å². The number of hydrogen-bond acceptors (Lipinski definition) is 3. The first-order valence-corrected chi connectivity index (χ1v) is 4.55. The van der Waals surface area contributed by atoms with Crippen molar-refractivity contribution in [1.82, 2.24) is 0 Å². The Bertz CT molecular complexity index is 325. The Morgan fingerprint density at radius 1 is 1.50 bits per heavy atom. The lowest BCUT2D eigenvalue weighted by Gasteiger charge is -2.11. The number of benzene rings is 1. The zero-order valence-electron chi connectivity index (χ0n) is 8.27. The minimum Gasteiger partial charge on any atom is -0.484 e. The Morgan fingerprint density at radius 3 is 2.71 bits per heavy atom. The summed E-state index contributed by atoms with van der Waals surface area (Å²) in [5, 5.41) is 10.6. The Labute approximate surface area is 82.7 Å². The van der Waals surface area contributed by atoms with E-state index < -0.39 is 4.92 Å². The molecule has 76 valence electrons. The van der Waals surface area contributed by atoms with Gasteiger partial charge in [0.2, 0.25) is 0 Å². The topological polar surface area (TPSA) is 52.4 Å². The Balaban J connectivity index is 2.90. The highest BCUT2D eigenvalue weighted by atomic mass is 16.6. The van der Waals surface area contributed by atoms with Gasteiger partial charge in [-0.3, -0.25) is 10.1 Å². The largest absolute Gasteiger partial charge is 0.484 e. The van der Waals surface area contributed by atoms with Crippen LogP contribution >= 0.6 is 0 Å². The Kier molecular flexibility index (Phi) is 3.45. The zero-order valence-corrected chi connectivity index (χ0v) is 8.27. The van der Waals surface area contributed by atoms with Crippen molar-refractivity contribution < 1.29 is 9.66 Å². The SMILES string of the molecule is CCC(C)Oc1ccccc1[N+](=O)[O-]. The predicted octanol–water partition coefficient (Wildman–Crippen LogP) is 2.77. The van der Waals surface area contributed by atoms with Crippen LogP contribution in [0, 0.1) is 10.1 Å². The van der Waals surface area contributed by atoms with Crippen LogP contribution in [0.4, 0.5) is 5.69 Å². The first-order valence-electron chi connectivity index (χ1n) is 4.55. The van der Waals surface area contributed by atoms with E-state index in [4.69, 9.17) is 4.74 Å². The van der Waals surface area contributed by atoms with Crippen LogP contribution in [-0.2, 0) is 0 Å². The molecule has 0 amide bonds. The van der Waals surface area contributed by atoms with Crippen molar-refractivity contribution >= 4 is 5.69 Å². The summed E-state index contributed by atoms with van der Waals surface area (Å²) in [6.45, 7) is 3.86. The van der Waals surface area contributed by atoms with Gasteiger partial charge in [0.25, 0.3) is 0 Å². The third kappa shape index (κ3) is 2.45. The lowest BCUT2D eigenvalue weighted by Crippen LogP contribution is -2.10. The summed E-state index contributed by atoms with van der Waals surface area (Å²) in [6.07, 6.45) is 0.822. The minimum atomic E-state index is -0.433.